The third-order valence-corrected chi connectivity index (χ3v) is 4.94. The molecule has 2 saturated heterocycles. The molecule has 1 saturated carbocycles. The first-order chi connectivity index (χ1) is 9.27. The predicted octanol–water partition coefficient (Wildman–Crippen LogP) is 1.75. The summed E-state index contributed by atoms with van der Waals surface area (Å²) < 4.78 is 12.2. The number of nitrogens with one attached hydrogen (secondary N) is 1. The Labute approximate surface area is 116 Å². The van der Waals surface area contributed by atoms with E-state index in [1.165, 1.54) is 38.6 Å². The van der Waals surface area contributed by atoms with Crippen LogP contribution in [0.2, 0.25) is 0 Å². The second-order valence-corrected chi connectivity index (χ2v) is 6.44. The summed E-state index contributed by atoms with van der Waals surface area (Å²) in [6, 6.07) is 0.707. The van der Waals surface area contributed by atoms with Crippen molar-refractivity contribution >= 4 is 0 Å². The van der Waals surface area contributed by atoms with E-state index in [-0.39, 0.29) is 11.9 Å². The lowest BCUT2D eigenvalue weighted by Crippen LogP contribution is -2.39. The van der Waals surface area contributed by atoms with Crippen molar-refractivity contribution in [3.63, 3.8) is 0 Å². The van der Waals surface area contributed by atoms with E-state index < -0.39 is 0 Å². The molecule has 3 rings (SSSR count). The van der Waals surface area contributed by atoms with Gasteiger partial charge < -0.3 is 19.7 Å². The van der Waals surface area contributed by atoms with E-state index in [2.05, 4.69) is 17.3 Å². The van der Waals surface area contributed by atoms with Crippen LogP contribution in [-0.2, 0) is 9.47 Å². The number of hydrogen-bond acceptors (Lipinski definition) is 4. The second-order valence-electron chi connectivity index (χ2n) is 6.44. The monoisotopic (exact) mass is 268 g/mol. The molecule has 0 bridgehead atoms. The minimum absolute atomic E-state index is 0.198. The average Bonchev–Trinajstić information content (AvgIpc) is 2.92. The van der Waals surface area contributed by atoms with Crippen LogP contribution in [0.3, 0.4) is 0 Å². The Bertz CT molecular complexity index is 284. The molecule has 2 heterocycles. The number of likely N-dealkylation sites (N-methyl/N-ethyl adjacent to an activating group) is 1. The SMILES string of the molecule is CN(CC1COC2(CCCC2)O1)C1CCCNCC1. The van der Waals surface area contributed by atoms with Crippen LogP contribution in [0.4, 0.5) is 0 Å². The predicted molar refractivity (Wildman–Crippen MR) is 75.2 cm³/mol. The van der Waals surface area contributed by atoms with Crippen LogP contribution in [0.15, 0.2) is 0 Å². The largest absolute Gasteiger partial charge is 0.347 e. The fraction of sp³-hybridized carbons (Fsp3) is 1.00. The van der Waals surface area contributed by atoms with Gasteiger partial charge in [0.2, 0.25) is 0 Å². The Morgan fingerprint density at radius 1 is 1.16 bits per heavy atom. The highest BCUT2D eigenvalue weighted by Crippen LogP contribution is 2.39. The molecular weight excluding hydrogens is 240 g/mol. The maximum absolute atomic E-state index is 6.22. The van der Waals surface area contributed by atoms with Gasteiger partial charge in [-0.15, -0.1) is 0 Å². The molecule has 0 radical (unpaired) electrons. The van der Waals surface area contributed by atoms with Gasteiger partial charge in [0, 0.05) is 25.4 Å². The molecule has 1 spiro atoms. The molecule has 19 heavy (non-hydrogen) atoms. The maximum atomic E-state index is 6.22. The van der Waals surface area contributed by atoms with Gasteiger partial charge in [-0.1, -0.05) is 0 Å². The summed E-state index contributed by atoms with van der Waals surface area (Å²) in [5, 5.41) is 3.48. The van der Waals surface area contributed by atoms with Crippen LogP contribution in [0, 0.1) is 0 Å². The Morgan fingerprint density at radius 2 is 2.00 bits per heavy atom. The average molecular weight is 268 g/mol. The summed E-state index contributed by atoms with van der Waals surface area (Å²) in [5.74, 6) is -0.198. The van der Waals surface area contributed by atoms with Crippen LogP contribution in [0.5, 0.6) is 0 Å². The van der Waals surface area contributed by atoms with Crippen LogP contribution in [0.1, 0.15) is 44.9 Å². The first-order valence-electron chi connectivity index (χ1n) is 8.00. The van der Waals surface area contributed by atoms with Gasteiger partial charge in [-0.05, 0) is 52.2 Å². The highest BCUT2D eigenvalue weighted by Gasteiger charge is 2.43. The summed E-state index contributed by atoms with van der Waals surface area (Å²) in [5.41, 5.74) is 0. The van der Waals surface area contributed by atoms with Gasteiger partial charge in [0.05, 0.1) is 12.7 Å². The zero-order valence-electron chi connectivity index (χ0n) is 12.2. The Morgan fingerprint density at radius 3 is 2.84 bits per heavy atom. The summed E-state index contributed by atoms with van der Waals surface area (Å²) in [6.45, 7) is 4.14. The Hall–Kier alpha value is -0.160. The van der Waals surface area contributed by atoms with Crippen molar-refractivity contribution in [3.05, 3.63) is 0 Å². The molecule has 0 aromatic carbocycles. The number of nitrogens with zero attached hydrogens (tertiary/aromatic N) is 1. The Balaban J connectivity index is 1.48. The van der Waals surface area contributed by atoms with Crippen LogP contribution >= 0.6 is 0 Å². The minimum atomic E-state index is -0.198. The van der Waals surface area contributed by atoms with Crippen molar-refractivity contribution in [2.45, 2.75) is 62.9 Å². The highest BCUT2D eigenvalue weighted by atomic mass is 16.7. The van der Waals surface area contributed by atoms with Gasteiger partial charge in [0.1, 0.15) is 0 Å². The molecular formula is C15H28N2O2. The van der Waals surface area contributed by atoms with Crippen molar-refractivity contribution in [1.29, 1.82) is 0 Å². The standard InChI is InChI=1S/C15H28N2O2/c1-17(13-5-4-9-16-10-6-13)11-14-12-18-15(19-14)7-2-3-8-15/h13-14,16H,2-12H2,1H3. The fourth-order valence-corrected chi connectivity index (χ4v) is 3.79. The van der Waals surface area contributed by atoms with Crippen molar-refractivity contribution in [2.75, 3.05) is 33.3 Å². The lowest BCUT2D eigenvalue weighted by Gasteiger charge is -2.29. The first-order valence-corrected chi connectivity index (χ1v) is 8.00. The topological polar surface area (TPSA) is 33.7 Å². The molecule has 3 aliphatic rings. The van der Waals surface area contributed by atoms with E-state index in [4.69, 9.17) is 9.47 Å². The zero-order chi connectivity index (χ0) is 13.1. The second kappa shape index (κ2) is 6.08. The molecule has 0 aromatic heterocycles. The molecule has 110 valence electrons. The third-order valence-electron chi connectivity index (χ3n) is 4.94. The maximum Gasteiger partial charge on any atom is 0.168 e. The van der Waals surface area contributed by atoms with E-state index in [1.54, 1.807) is 0 Å². The van der Waals surface area contributed by atoms with Gasteiger partial charge in [0.25, 0.3) is 0 Å². The lowest BCUT2D eigenvalue weighted by molar-refractivity contribution is -0.163. The number of hydrogen-bond donors (Lipinski definition) is 1. The quantitative estimate of drug-likeness (QED) is 0.845. The summed E-state index contributed by atoms with van der Waals surface area (Å²) in [7, 11) is 2.25. The molecule has 2 atom stereocenters. The van der Waals surface area contributed by atoms with E-state index >= 15 is 0 Å². The van der Waals surface area contributed by atoms with Gasteiger partial charge in [-0.3, -0.25) is 0 Å². The van der Waals surface area contributed by atoms with Crippen molar-refractivity contribution in [2.24, 2.45) is 0 Å². The van der Waals surface area contributed by atoms with Gasteiger partial charge in [0.15, 0.2) is 5.79 Å². The van der Waals surface area contributed by atoms with E-state index in [9.17, 15) is 0 Å². The normalized spacial score (nSPS) is 35.1. The molecule has 4 nitrogen and oxygen atoms in total. The van der Waals surface area contributed by atoms with E-state index in [0.717, 1.165) is 32.5 Å². The zero-order valence-corrected chi connectivity index (χ0v) is 12.2. The molecule has 1 aliphatic carbocycles. The molecule has 0 aromatic rings. The molecule has 3 fully saturated rings. The van der Waals surface area contributed by atoms with Crippen LogP contribution < -0.4 is 5.32 Å². The van der Waals surface area contributed by atoms with E-state index in [1.807, 2.05) is 0 Å². The van der Waals surface area contributed by atoms with E-state index in [0.29, 0.717) is 6.04 Å². The first kappa shape index (κ1) is 13.8. The van der Waals surface area contributed by atoms with Crippen LogP contribution in [0.25, 0.3) is 0 Å². The number of ether oxygens (including phenoxy) is 2. The van der Waals surface area contributed by atoms with Gasteiger partial charge >= 0.3 is 0 Å². The minimum Gasteiger partial charge on any atom is -0.347 e. The summed E-state index contributed by atoms with van der Waals surface area (Å²) in [6.07, 6.45) is 8.85. The van der Waals surface area contributed by atoms with Crippen molar-refractivity contribution in [1.82, 2.24) is 10.2 Å². The summed E-state index contributed by atoms with van der Waals surface area (Å²) in [4.78, 5) is 2.50. The smallest absolute Gasteiger partial charge is 0.168 e. The fourth-order valence-electron chi connectivity index (χ4n) is 3.79. The Kier molecular flexibility index (Phi) is 4.42. The van der Waals surface area contributed by atoms with Crippen molar-refractivity contribution in [3.8, 4) is 0 Å². The number of rotatable bonds is 3. The molecule has 4 heteroatoms. The van der Waals surface area contributed by atoms with Gasteiger partial charge in [-0.25, -0.2) is 0 Å². The third kappa shape index (κ3) is 3.30. The van der Waals surface area contributed by atoms with Crippen molar-refractivity contribution < 1.29 is 9.47 Å². The molecule has 0 amide bonds. The lowest BCUT2D eigenvalue weighted by atomic mass is 10.1. The van der Waals surface area contributed by atoms with Crippen LogP contribution in [-0.4, -0.2) is 56.1 Å². The molecule has 2 aliphatic heterocycles. The summed E-state index contributed by atoms with van der Waals surface area (Å²) >= 11 is 0. The molecule has 2 unspecified atom stereocenters. The molecule has 1 N–H and O–H groups in total. The highest BCUT2D eigenvalue weighted by molar-refractivity contribution is 4.86. The van der Waals surface area contributed by atoms with Gasteiger partial charge in [-0.2, -0.15) is 0 Å².